The number of aryl methyl sites for hydroxylation is 2. The molecule has 0 aliphatic heterocycles. The quantitative estimate of drug-likeness (QED) is 0.766. The van der Waals surface area contributed by atoms with Crippen molar-refractivity contribution >= 4 is 16.9 Å². The highest BCUT2D eigenvalue weighted by Crippen LogP contribution is 2.34. The zero-order valence-corrected chi connectivity index (χ0v) is 13.3. The van der Waals surface area contributed by atoms with Crippen LogP contribution in [0.25, 0.3) is 10.9 Å². The highest BCUT2D eigenvalue weighted by Gasteiger charge is 2.21. The first-order valence-electron chi connectivity index (χ1n) is 7.60. The van der Waals surface area contributed by atoms with Gasteiger partial charge in [-0.05, 0) is 44.4 Å². The highest BCUT2D eigenvalue weighted by molar-refractivity contribution is 5.97. The van der Waals surface area contributed by atoms with Crippen LogP contribution in [0.15, 0.2) is 12.1 Å². The Balaban J connectivity index is 2.84. The second-order valence-corrected chi connectivity index (χ2v) is 5.59. The molecule has 0 saturated heterocycles. The average Bonchev–Trinajstić information content (AvgIpc) is 2.75. The van der Waals surface area contributed by atoms with Crippen LogP contribution in [0.1, 0.15) is 53.6 Å². The first-order valence-corrected chi connectivity index (χ1v) is 7.60. The predicted molar refractivity (Wildman–Crippen MR) is 85.3 cm³/mol. The number of rotatable bonds is 6. The van der Waals surface area contributed by atoms with E-state index in [0.717, 1.165) is 27.7 Å². The molecule has 0 amide bonds. The van der Waals surface area contributed by atoms with Crippen molar-refractivity contribution in [3.63, 3.8) is 0 Å². The monoisotopic (exact) mass is 305 g/mol. The number of carbonyl (C=O) groups is 1. The second-order valence-electron chi connectivity index (χ2n) is 5.59. The van der Waals surface area contributed by atoms with Crippen LogP contribution in [0.3, 0.4) is 0 Å². The summed E-state index contributed by atoms with van der Waals surface area (Å²) in [6.45, 7) is 6.35. The number of carboxylic acids is 1. The van der Waals surface area contributed by atoms with Gasteiger partial charge in [-0.15, -0.1) is 0 Å². The Kier molecular flexibility index (Phi) is 4.88. The minimum Gasteiger partial charge on any atom is -0.478 e. The number of carboxylic acid groups (broad SMARTS) is 1. The van der Waals surface area contributed by atoms with Gasteiger partial charge in [0.2, 0.25) is 0 Å². The third-order valence-electron chi connectivity index (χ3n) is 4.13. The summed E-state index contributed by atoms with van der Waals surface area (Å²) in [5.41, 5.74) is 3.85. The van der Waals surface area contributed by atoms with Gasteiger partial charge in [-0.3, -0.25) is 0 Å². The number of aliphatic hydroxyl groups excluding tert-OH is 2. The maximum absolute atomic E-state index is 11.4. The number of fused-ring (bicyclic) bond motifs is 1. The van der Waals surface area contributed by atoms with Crippen LogP contribution in [0.2, 0.25) is 0 Å². The van der Waals surface area contributed by atoms with E-state index in [0.29, 0.717) is 19.4 Å². The molecule has 0 radical (unpaired) electrons. The van der Waals surface area contributed by atoms with Gasteiger partial charge in [-0.1, -0.05) is 6.92 Å². The van der Waals surface area contributed by atoms with E-state index in [2.05, 4.69) is 4.57 Å². The number of hydrogen-bond donors (Lipinski definition) is 3. The molecule has 0 bridgehead atoms. The molecule has 0 saturated carbocycles. The average molecular weight is 305 g/mol. The fourth-order valence-corrected chi connectivity index (χ4v) is 3.16. The molecule has 0 aliphatic rings. The third kappa shape index (κ3) is 2.74. The van der Waals surface area contributed by atoms with Gasteiger partial charge in [0, 0.05) is 29.8 Å². The number of aromatic carboxylic acids is 1. The normalized spacial score (nSPS) is 12.8. The standard InChI is InChI=1S/C17H23NO4/c1-4-12-8-13(17(21)22)9-14-15(11(3)20)10(2)18(16(12)14)6-5-7-19/h8-9,11,19-20H,4-7H2,1-3H3,(H,21,22). The molecule has 1 aromatic carbocycles. The number of nitrogens with zero attached hydrogens (tertiary/aromatic N) is 1. The Hall–Kier alpha value is -1.85. The predicted octanol–water partition coefficient (Wildman–Crippen LogP) is 2.65. The number of aliphatic hydroxyl groups is 2. The molecular weight excluding hydrogens is 282 g/mol. The summed E-state index contributed by atoms with van der Waals surface area (Å²) >= 11 is 0. The van der Waals surface area contributed by atoms with Gasteiger partial charge in [0.1, 0.15) is 0 Å². The van der Waals surface area contributed by atoms with Gasteiger partial charge in [0.25, 0.3) is 0 Å². The zero-order valence-electron chi connectivity index (χ0n) is 13.3. The Morgan fingerprint density at radius 2 is 2.05 bits per heavy atom. The highest BCUT2D eigenvalue weighted by atomic mass is 16.4. The lowest BCUT2D eigenvalue weighted by Crippen LogP contribution is -2.05. The first-order chi connectivity index (χ1) is 10.4. The van der Waals surface area contributed by atoms with Crippen LogP contribution >= 0.6 is 0 Å². The van der Waals surface area contributed by atoms with Crippen molar-refractivity contribution < 1.29 is 20.1 Å². The number of hydrogen-bond acceptors (Lipinski definition) is 3. The molecular formula is C17H23NO4. The van der Waals surface area contributed by atoms with Gasteiger partial charge in [0.05, 0.1) is 17.2 Å². The first kappa shape index (κ1) is 16.5. The minimum absolute atomic E-state index is 0.0950. The summed E-state index contributed by atoms with van der Waals surface area (Å²) < 4.78 is 2.08. The van der Waals surface area contributed by atoms with Gasteiger partial charge in [-0.2, -0.15) is 0 Å². The molecule has 0 fully saturated rings. The molecule has 3 N–H and O–H groups in total. The van der Waals surface area contributed by atoms with Crippen LogP contribution in [-0.2, 0) is 13.0 Å². The molecule has 1 unspecified atom stereocenters. The molecule has 1 aromatic heterocycles. The number of aromatic nitrogens is 1. The van der Waals surface area contributed by atoms with Gasteiger partial charge >= 0.3 is 5.97 Å². The Bertz CT molecular complexity index is 700. The summed E-state index contributed by atoms with van der Waals surface area (Å²) in [4.78, 5) is 11.4. The van der Waals surface area contributed by atoms with Crippen LogP contribution in [-0.4, -0.2) is 32.5 Å². The number of benzene rings is 1. The second kappa shape index (κ2) is 6.50. The lowest BCUT2D eigenvalue weighted by molar-refractivity contribution is 0.0697. The molecule has 5 nitrogen and oxygen atoms in total. The molecule has 0 aliphatic carbocycles. The Morgan fingerprint density at radius 3 is 2.55 bits per heavy atom. The van der Waals surface area contributed by atoms with E-state index < -0.39 is 12.1 Å². The van der Waals surface area contributed by atoms with Crippen LogP contribution in [0.5, 0.6) is 0 Å². The summed E-state index contributed by atoms with van der Waals surface area (Å²) in [7, 11) is 0. The Morgan fingerprint density at radius 1 is 1.36 bits per heavy atom. The van der Waals surface area contributed by atoms with E-state index in [-0.39, 0.29) is 12.2 Å². The van der Waals surface area contributed by atoms with E-state index >= 15 is 0 Å². The fourth-order valence-electron chi connectivity index (χ4n) is 3.16. The van der Waals surface area contributed by atoms with Gasteiger partial charge in [0.15, 0.2) is 0 Å². The van der Waals surface area contributed by atoms with Gasteiger partial charge < -0.3 is 19.9 Å². The van der Waals surface area contributed by atoms with Crippen molar-refractivity contribution in [1.82, 2.24) is 4.57 Å². The zero-order chi connectivity index (χ0) is 16.4. The van der Waals surface area contributed by atoms with Crippen molar-refractivity contribution in [2.45, 2.75) is 46.3 Å². The lowest BCUT2D eigenvalue weighted by atomic mass is 10.00. The topological polar surface area (TPSA) is 82.7 Å². The van der Waals surface area contributed by atoms with E-state index in [9.17, 15) is 15.0 Å². The SMILES string of the molecule is CCc1cc(C(=O)O)cc2c(C(C)O)c(C)n(CCCO)c12. The Labute approximate surface area is 129 Å². The fraction of sp³-hybridized carbons (Fsp3) is 0.471. The van der Waals surface area contributed by atoms with Crippen molar-refractivity contribution in [3.8, 4) is 0 Å². The molecule has 5 heteroatoms. The smallest absolute Gasteiger partial charge is 0.335 e. The van der Waals surface area contributed by atoms with Crippen molar-refractivity contribution in [2.24, 2.45) is 0 Å². The van der Waals surface area contributed by atoms with E-state index in [4.69, 9.17) is 5.11 Å². The van der Waals surface area contributed by atoms with Crippen LogP contribution in [0.4, 0.5) is 0 Å². The molecule has 2 rings (SSSR count). The summed E-state index contributed by atoms with van der Waals surface area (Å²) in [6.07, 6.45) is 0.652. The molecule has 22 heavy (non-hydrogen) atoms. The molecule has 1 atom stereocenters. The maximum Gasteiger partial charge on any atom is 0.335 e. The maximum atomic E-state index is 11.4. The van der Waals surface area contributed by atoms with E-state index in [1.807, 2.05) is 13.8 Å². The summed E-state index contributed by atoms with van der Waals surface area (Å²) in [5, 5.41) is 29.3. The largest absolute Gasteiger partial charge is 0.478 e. The lowest BCUT2D eigenvalue weighted by Gasteiger charge is -2.11. The summed E-state index contributed by atoms with van der Waals surface area (Å²) in [6, 6.07) is 3.34. The van der Waals surface area contributed by atoms with Crippen molar-refractivity contribution in [2.75, 3.05) is 6.61 Å². The van der Waals surface area contributed by atoms with Gasteiger partial charge in [-0.25, -0.2) is 4.79 Å². The molecule has 1 heterocycles. The minimum atomic E-state index is -0.964. The van der Waals surface area contributed by atoms with Crippen LogP contribution < -0.4 is 0 Å². The van der Waals surface area contributed by atoms with E-state index in [1.54, 1.807) is 19.1 Å². The third-order valence-corrected chi connectivity index (χ3v) is 4.13. The van der Waals surface area contributed by atoms with Crippen LogP contribution in [0, 0.1) is 6.92 Å². The van der Waals surface area contributed by atoms with Crippen molar-refractivity contribution in [1.29, 1.82) is 0 Å². The van der Waals surface area contributed by atoms with Crippen molar-refractivity contribution in [3.05, 3.63) is 34.5 Å². The molecule has 2 aromatic rings. The summed E-state index contributed by atoms with van der Waals surface area (Å²) in [5.74, 6) is -0.964. The van der Waals surface area contributed by atoms with E-state index in [1.165, 1.54) is 0 Å². The molecule has 120 valence electrons. The molecule has 0 spiro atoms.